The highest BCUT2D eigenvalue weighted by Gasteiger charge is 2.24. The molecule has 7 heteroatoms. The molecule has 2 aromatic rings. The molecule has 1 aliphatic heterocycles. The van der Waals surface area contributed by atoms with Crippen LogP contribution in [0, 0.1) is 5.82 Å². The van der Waals surface area contributed by atoms with Gasteiger partial charge < -0.3 is 20.3 Å². The Balaban J connectivity index is 1.83. The number of nitrogens with one attached hydrogen (secondary N) is 2. The van der Waals surface area contributed by atoms with Gasteiger partial charge in [0.05, 0.1) is 29.3 Å². The number of para-hydroxylation sites is 2. The van der Waals surface area contributed by atoms with Crippen LogP contribution in [0.3, 0.4) is 0 Å². The van der Waals surface area contributed by atoms with Crippen LogP contribution in [0.15, 0.2) is 42.5 Å². The van der Waals surface area contributed by atoms with Gasteiger partial charge in [-0.25, -0.2) is 4.39 Å². The molecule has 2 unspecified atom stereocenters. The summed E-state index contributed by atoms with van der Waals surface area (Å²) in [5.74, 6) is -1.38. The van der Waals surface area contributed by atoms with Crippen LogP contribution in [-0.4, -0.2) is 37.1 Å². The summed E-state index contributed by atoms with van der Waals surface area (Å²) >= 11 is 0. The number of amides is 2. The summed E-state index contributed by atoms with van der Waals surface area (Å²) in [5.41, 5.74) is 1.80. The number of carbonyl (C=O) groups excluding carboxylic acids is 2. The first kappa shape index (κ1) is 19.8. The molecule has 0 bridgehead atoms. The van der Waals surface area contributed by atoms with Gasteiger partial charge in [-0.3, -0.25) is 9.59 Å². The third-order valence-electron chi connectivity index (χ3n) is 4.45. The van der Waals surface area contributed by atoms with E-state index in [1.54, 1.807) is 0 Å². The van der Waals surface area contributed by atoms with Gasteiger partial charge in [0.2, 0.25) is 5.91 Å². The molecule has 28 heavy (non-hydrogen) atoms. The van der Waals surface area contributed by atoms with E-state index in [0.29, 0.717) is 5.69 Å². The summed E-state index contributed by atoms with van der Waals surface area (Å²) in [5, 5.41) is 5.29. The zero-order chi connectivity index (χ0) is 20.3. The number of morpholine rings is 1. The molecule has 0 spiro atoms. The number of carbonyl (C=O) groups is 2. The van der Waals surface area contributed by atoms with Crippen LogP contribution in [-0.2, 0) is 9.53 Å². The van der Waals surface area contributed by atoms with Crippen LogP contribution in [0.2, 0.25) is 0 Å². The minimum absolute atomic E-state index is 0.0238. The van der Waals surface area contributed by atoms with E-state index in [2.05, 4.69) is 15.5 Å². The monoisotopic (exact) mass is 385 g/mol. The second kappa shape index (κ2) is 8.39. The predicted molar refractivity (Wildman–Crippen MR) is 107 cm³/mol. The largest absolute Gasteiger partial charge is 0.372 e. The summed E-state index contributed by atoms with van der Waals surface area (Å²) in [6, 6.07) is 11.4. The number of halogens is 1. The van der Waals surface area contributed by atoms with Gasteiger partial charge in [-0.05, 0) is 44.2 Å². The number of anilines is 3. The van der Waals surface area contributed by atoms with Crippen molar-refractivity contribution >= 4 is 28.9 Å². The number of nitrogens with zero attached hydrogens (tertiary/aromatic N) is 1. The molecule has 6 nitrogen and oxygen atoms in total. The second-order valence-electron chi connectivity index (χ2n) is 7.01. The Kier molecular flexibility index (Phi) is 5.94. The van der Waals surface area contributed by atoms with Crippen molar-refractivity contribution in [3.63, 3.8) is 0 Å². The molecule has 0 aliphatic carbocycles. The Morgan fingerprint density at radius 1 is 1.04 bits per heavy atom. The Hall–Kier alpha value is -2.93. The van der Waals surface area contributed by atoms with Crippen LogP contribution in [0.4, 0.5) is 21.5 Å². The molecule has 3 rings (SSSR count). The highest BCUT2D eigenvalue weighted by Crippen LogP contribution is 2.29. The van der Waals surface area contributed by atoms with E-state index < -0.39 is 11.7 Å². The Morgan fingerprint density at radius 3 is 2.39 bits per heavy atom. The van der Waals surface area contributed by atoms with Crippen molar-refractivity contribution in [1.29, 1.82) is 0 Å². The van der Waals surface area contributed by atoms with Crippen molar-refractivity contribution in [3.8, 4) is 0 Å². The first-order chi connectivity index (χ1) is 13.3. The summed E-state index contributed by atoms with van der Waals surface area (Å²) in [4.78, 5) is 26.1. The third-order valence-corrected chi connectivity index (χ3v) is 4.45. The van der Waals surface area contributed by atoms with Crippen molar-refractivity contribution < 1.29 is 18.7 Å². The van der Waals surface area contributed by atoms with E-state index in [4.69, 9.17) is 4.74 Å². The fourth-order valence-corrected chi connectivity index (χ4v) is 3.38. The predicted octanol–water partition coefficient (Wildman–Crippen LogP) is 3.65. The van der Waals surface area contributed by atoms with E-state index in [0.717, 1.165) is 24.8 Å². The van der Waals surface area contributed by atoms with Crippen molar-refractivity contribution in [1.82, 2.24) is 0 Å². The van der Waals surface area contributed by atoms with Crippen LogP contribution in [0.1, 0.15) is 31.1 Å². The minimum atomic E-state index is -0.594. The molecular formula is C21H24FN3O3. The highest BCUT2D eigenvalue weighted by molar-refractivity contribution is 6.06. The first-order valence-electron chi connectivity index (χ1n) is 9.21. The zero-order valence-corrected chi connectivity index (χ0v) is 16.2. The van der Waals surface area contributed by atoms with E-state index in [-0.39, 0.29) is 29.4 Å². The summed E-state index contributed by atoms with van der Waals surface area (Å²) in [6.45, 7) is 6.77. The molecule has 2 atom stereocenters. The maximum absolute atomic E-state index is 13.8. The van der Waals surface area contributed by atoms with Gasteiger partial charge in [-0.2, -0.15) is 0 Å². The number of hydrogen-bond donors (Lipinski definition) is 2. The lowest BCUT2D eigenvalue weighted by atomic mass is 10.1. The van der Waals surface area contributed by atoms with Crippen molar-refractivity contribution in [3.05, 3.63) is 53.8 Å². The molecule has 1 fully saturated rings. The quantitative estimate of drug-likeness (QED) is 0.843. The van der Waals surface area contributed by atoms with Crippen LogP contribution in [0.5, 0.6) is 0 Å². The third kappa shape index (κ3) is 4.67. The Labute approximate surface area is 163 Å². The molecule has 2 amide bonds. The number of benzene rings is 2. The Morgan fingerprint density at radius 2 is 1.71 bits per heavy atom. The summed E-state index contributed by atoms with van der Waals surface area (Å²) in [6.07, 6.45) is 0.176. The SMILES string of the molecule is CC(=O)Nc1cc(C(=O)Nc2ccccc2N2CC(C)OC(C)C2)ccc1F. The molecule has 1 heterocycles. The second-order valence-corrected chi connectivity index (χ2v) is 7.01. The van der Waals surface area contributed by atoms with Gasteiger partial charge in [0.1, 0.15) is 5.82 Å². The molecule has 2 aromatic carbocycles. The van der Waals surface area contributed by atoms with Crippen LogP contribution < -0.4 is 15.5 Å². The lowest BCUT2D eigenvalue weighted by Crippen LogP contribution is -2.45. The molecular weight excluding hydrogens is 361 g/mol. The number of ether oxygens (including phenoxy) is 1. The molecule has 1 aliphatic rings. The van der Waals surface area contributed by atoms with Crippen molar-refractivity contribution in [2.45, 2.75) is 33.0 Å². The minimum Gasteiger partial charge on any atom is -0.372 e. The maximum atomic E-state index is 13.8. The zero-order valence-electron chi connectivity index (χ0n) is 16.2. The fourth-order valence-electron chi connectivity index (χ4n) is 3.38. The van der Waals surface area contributed by atoms with Crippen LogP contribution >= 0.6 is 0 Å². The van der Waals surface area contributed by atoms with E-state index in [9.17, 15) is 14.0 Å². The molecule has 0 radical (unpaired) electrons. The lowest BCUT2D eigenvalue weighted by Gasteiger charge is -2.37. The molecule has 1 saturated heterocycles. The Bertz CT molecular complexity index is 877. The molecule has 0 saturated carbocycles. The van der Waals surface area contributed by atoms with E-state index in [1.807, 2.05) is 38.1 Å². The molecule has 148 valence electrons. The van der Waals surface area contributed by atoms with Gasteiger partial charge in [0.25, 0.3) is 5.91 Å². The lowest BCUT2D eigenvalue weighted by molar-refractivity contribution is -0.114. The topological polar surface area (TPSA) is 70.7 Å². The van der Waals surface area contributed by atoms with Crippen LogP contribution in [0.25, 0.3) is 0 Å². The van der Waals surface area contributed by atoms with Gasteiger partial charge >= 0.3 is 0 Å². The normalized spacial score (nSPS) is 19.2. The smallest absolute Gasteiger partial charge is 0.255 e. The molecule has 0 aromatic heterocycles. The molecule has 2 N–H and O–H groups in total. The van der Waals surface area contributed by atoms with Crippen molar-refractivity contribution in [2.24, 2.45) is 0 Å². The highest BCUT2D eigenvalue weighted by atomic mass is 19.1. The van der Waals surface area contributed by atoms with Gasteiger partial charge in [-0.15, -0.1) is 0 Å². The maximum Gasteiger partial charge on any atom is 0.255 e. The van der Waals surface area contributed by atoms with Gasteiger partial charge in [0, 0.05) is 25.6 Å². The average molecular weight is 385 g/mol. The summed E-state index contributed by atoms with van der Waals surface area (Å²) < 4.78 is 19.6. The van der Waals surface area contributed by atoms with Gasteiger partial charge in [-0.1, -0.05) is 12.1 Å². The number of hydrogen-bond acceptors (Lipinski definition) is 4. The van der Waals surface area contributed by atoms with E-state index >= 15 is 0 Å². The van der Waals surface area contributed by atoms with Crippen molar-refractivity contribution in [2.75, 3.05) is 28.6 Å². The fraction of sp³-hybridized carbons (Fsp3) is 0.333. The summed E-state index contributed by atoms with van der Waals surface area (Å²) in [7, 11) is 0. The standard InChI is InChI=1S/C21H24FN3O3/c1-13-11-25(12-14(2)28-13)20-7-5-4-6-18(20)24-21(27)16-8-9-17(22)19(10-16)23-15(3)26/h4-10,13-14H,11-12H2,1-3H3,(H,23,26)(H,24,27). The van der Waals surface area contributed by atoms with Gasteiger partial charge in [0.15, 0.2) is 0 Å². The average Bonchev–Trinajstić information content (AvgIpc) is 2.62. The van der Waals surface area contributed by atoms with E-state index in [1.165, 1.54) is 19.1 Å². The number of rotatable bonds is 4. The first-order valence-corrected chi connectivity index (χ1v) is 9.21.